The Morgan fingerprint density at radius 3 is 2.67 bits per heavy atom. The van der Waals surface area contributed by atoms with Crippen LogP contribution in [0.4, 0.5) is 15.2 Å². The van der Waals surface area contributed by atoms with E-state index in [2.05, 4.69) is 15.0 Å². The van der Waals surface area contributed by atoms with Gasteiger partial charge in [-0.2, -0.15) is 10.1 Å². The smallest absolute Gasteiger partial charge is 0.324 e. The van der Waals surface area contributed by atoms with Gasteiger partial charge in [-0.25, -0.2) is 4.39 Å². The van der Waals surface area contributed by atoms with Crippen LogP contribution in [0.15, 0.2) is 42.9 Å². The molecule has 4 aromatic heterocycles. The zero-order chi connectivity index (χ0) is 27.6. The molecule has 0 spiro atoms. The molecule has 2 aliphatic rings. The van der Waals surface area contributed by atoms with Crippen LogP contribution in [0.2, 0.25) is 0 Å². The standard InChI is InChI=1S/C27H29FN6O5S/c1-17(24-6-7-26(40-24)34(35)36)38-21-12-22-23(29-15-21)13-25(32-8-10-37-11-9-32)31-27(22)39-20-4-2-19(3-5-20)33-16-18(28)14-30-33/h6-7,12-17,19-20H,2-5,8-11H2,1H3. The lowest BCUT2D eigenvalue weighted by Crippen LogP contribution is -2.36. The maximum absolute atomic E-state index is 13.5. The molecule has 11 nitrogen and oxygen atoms in total. The first-order valence-electron chi connectivity index (χ1n) is 13.3. The summed E-state index contributed by atoms with van der Waals surface area (Å²) < 4.78 is 33.3. The van der Waals surface area contributed by atoms with Crippen molar-refractivity contribution in [3.63, 3.8) is 0 Å². The van der Waals surface area contributed by atoms with Gasteiger partial charge >= 0.3 is 5.00 Å². The molecule has 1 saturated heterocycles. The molecule has 1 aliphatic carbocycles. The number of rotatable bonds is 8. The summed E-state index contributed by atoms with van der Waals surface area (Å²) in [6, 6.07) is 7.15. The quantitative estimate of drug-likeness (QED) is 0.201. The highest BCUT2D eigenvalue weighted by Crippen LogP contribution is 2.36. The highest BCUT2D eigenvalue weighted by Gasteiger charge is 2.26. The molecule has 13 heteroatoms. The molecule has 0 radical (unpaired) electrons. The number of anilines is 1. The van der Waals surface area contributed by atoms with E-state index in [1.165, 1.54) is 18.5 Å². The number of fused-ring (bicyclic) bond motifs is 1. The monoisotopic (exact) mass is 568 g/mol. The number of nitrogens with zero attached hydrogens (tertiary/aromatic N) is 6. The van der Waals surface area contributed by atoms with E-state index >= 15 is 0 Å². The molecule has 0 N–H and O–H groups in total. The van der Waals surface area contributed by atoms with E-state index in [4.69, 9.17) is 19.2 Å². The predicted molar refractivity (Wildman–Crippen MR) is 147 cm³/mol. The molecule has 6 rings (SSSR count). The summed E-state index contributed by atoms with van der Waals surface area (Å²) in [6.07, 6.45) is 7.10. The highest BCUT2D eigenvalue weighted by molar-refractivity contribution is 7.15. The van der Waals surface area contributed by atoms with Crippen molar-refractivity contribution < 1.29 is 23.5 Å². The molecule has 1 unspecified atom stereocenters. The Morgan fingerprint density at radius 1 is 1.18 bits per heavy atom. The average Bonchev–Trinajstić information content (AvgIpc) is 3.64. The van der Waals surface area contributed by atoms with Crippen molar-refractivity contribution in [3.05, 3.63) is 63.7 Å². The van der Waals surface area contributed by atoms with Gasteiger partial charge in [0.05, 0.1) is 58.5 Å². The summed E-state index contributed by atoms with van der Waals surface area (Å²) >= 11 is 1.09. The molecule has 0 bridgehead atoms. The van der Waals surface area contributed by atoms with E-state index in [-0.39, 0.29) is 23.0 Å². The third kappa shape index (κ3) is 5.70. The first-order chi connectivity index (χ1) is 19.4. The van der Waals surface area contributed by atoms with Gasteiger partial charge < -0.3 is 19.1 Å². The first kappa shape index (κ1) is 26.4. The van der Waals surface area contributed by atoms with Crippen LogP contribution >= 0.6 is 11.3 Å². The van der Waals surface area contributed by atoms with Crippen LogP contribution in [0.25, 0.3) is 10.9 Å². The number of ether oxygens (including phenoxy) is 3. The Balaban J connectivity index is 1.25. The van der Waals surface area contributed by atoms with Crippen molar-refractivity contribution >= 4 is 33.1 Å². The number of thiophene rings is 1. The van der Waals surface area contributed by atoms with Crippen molar-refractivity contribution in [1.82, 2.24) is 19.7 Å². The second-order valence-electron chi connectivity index (χ2n) is 10.0. The number of nitro groups is 1. The third-order valence-electron chi connectivity index (χ3n) is 7.31. The van der Waals surface area contributed by atoms with Crippen molar-refractivity contribution in [2.24, 2.45) is 0 Å². The lowest BCUT2D eigenvalue weighted by molar-refractivity contribution is -0.380. The van der Waals surface area contributed by atoms with Crippen LogP contribution in [0, 0.1) is 15.9 Å². The predicted octanol–water partition coefficient (Wildman–Crippen LogP) is 5.47. The number of pyridine rings is 2. The lowest BCUT2D eigenvalue weighted by atomic mass is 9.93. The van der Waals surface area contributed by atoms with Crippen molar-refractivity contribution in [2.45, 2.75) is 50.9 Å². The largest absolute Gasteiger partial charge is 0.484 e. The molecule has 5 heterocycles. The van der Waals surface area contributed by atoms with Crippen molar-refractivity contribution in [3.8, 4) is 11.6 Å². The molecule has 2 fully saturated rings. The SMILES string of the molecule is CC(Oc1cnc2cc(N3CCOCC3)nc(OC3CCC(n4cc(F)cn4)CC3)c2c1)c1ccc([N+](=O)[O-])s1. The Kier molecular flexibility index (Phi) is 7.48. The van der Waals surface area contributed by atoms with Gasteiger partial charge in [0.2, 0.25) is 5.88 Å². The zero-order valence-electron chi connectivity index (χ0n) is 21.9. The number of morpholine rings is 1. The lowest BCUT2D eigenvalue weighted by Gasteiger charge is -2.30. The minimum atomic E-state index is -0.402. The van der Waals surface area contributed by atoms with Crippen LogP contribution < -0.4 is 14.4 Å². The fraction of sp³-hybridized carbons (Fsp3) is 0.444. The summed E-state index contributed by atoms with van der Waals surface area (Å²) in [5, 5.41) is 16.0. The molecule has 4 aromatic rings. The zero-order valence-corrected chi connectivity index (χ0v) is 22.8. The van der Waals surface area contributed by atoms with Crippen LogP contribution in [0.5, 0.6) is 11.6 Å². The van der Waals surface area contributed by atoms with E-state index in [1.807, 2.05) is 19.1 Å². The number of halogens is 1. The van der Waals surface area contributed by atoms with Gasteiger partial charge in [-0.05, 0) is 44.7 Å². The molecule has 1 aliphatic heterocycles. The fourth-order valence-corrected chi connectivity index (χ4v) is 5.99. The van der Waals surface area contributed by atoms with Gasteiger partial charge in [-0.1, -0.05) is 11.3 Å². The Hall–Kier alpha value is -3.84. The number of hydrogen-bond donors (Lipinski definition) is 0. The molecular weight excluding hydrogens is 539 g/mol. The van der Waals surface area contributed by atoms with Gasteiger partial charge in [0, 0.05) is 25.2 Å². The van der Waals surface area contributed by atoms with Gasteiger partial charge in [-0.15, -0.1) is 0 Å². The Bertz CT molecular complexity index is 1500. The molecular formula is C27H29FN6O5S. The third-order valence-corrected chi connectivity index (χ3v) is 8.51. The summed E-state index contributed by atoms with van der Waals surface area (Å²) in [4.78, 5) is 23.2. The van der Waals surface area contributed by atoms with E-state index in [1.54, 1.807) is 16.9 Å². The van der Waals surface area contributed by atoms with Gasteiger partial charge in [0.1, 0.15) is 23.8 Å². The van der Waals surface area contributed by atoms with Crippen molar-refractivity contribution in [1.29, 1.82) is 0 Å². The molecule has 210 valence electrons. The number of hydrogen-bond acceptors (Lipinski definition) is 10. The van der Waals surface area contributed by atoms with Crippen LogP contribution in [0.3, 0.4) is 0 Å². The van der Waals surface area contributed by atoms with Gasteiger partial charge in [0.15, 0.2) is 5.82 Å². The first-order valence-corrected chi connectivity index (χ1v) is 14.1. The second-order valence-corrected chi connectivity index (χ2v) is 11.1. The summed E-state index contributed by atoms with van der Waals surface area (Å²) in [7, 11) is 0. The average molecular weight is 569 g/mol. The van der Waals surface area contributed by atoms with Crippen molar-refractivity contribution in [2.75, 3.05) is 31.2 Å². The van der Waals surface area contributed by atoms with Crippen LogP contribution in [-0.4, -0.2) is 57.1 Å². The summed E-state index contributed by atoms with van der Waals surface area (Å²) in [5.74, 6) is 1.47. The van der Waals surface area contributed by atoms with Crippen LogP contribution in [0.1, 0.15) is 49.6 Å². The molecule has 0 amide bonds. The maximum atomic E-state index is 13.5. The minimum absolute atomic E-state index is 0.0533. The van der Waals surface area contributed by atoms with Gasteiger partial charge in [0.25, 0.3) is 0 Å². The van der Waals surface area contributed by atoms with Gasteiger partial charge in [-0.3, -0.25) is 19.8 Å². The summed E-state index contributed by atoms with van der Waals surface area (Å²) in [5.41, 5.74) is 0.735. The minimum Gasteiger partial charge on any atom is -0.484 e. The normalized spacial score (nSPS) is 20.4. The fourth-order valence-electron chi connectivity index (χ4n) is 5.19. The van der Waals surface area contributed by atoms with E-state index in [0.717, 1.165) is 71.7 Å². The van der Waals surface area contributed by atoms with Crippen LogP contribution in [-0.2, 0) is 4.74 Å². The molecule has 40 heavy (non-hydrogen) atoms. The number of aromatic nitrogens is 4. The maximum Gasteiger partial charge on any atom is 0.324 e. The molecule has 0 aromatic carbocycles. The Morgan fingerprint density at radius 2 is 1.98 bits per heavy atom. The molecule has 1 saturated carbocycles. The van der Waals surface area contributed by atoms with E-state index in [9.17, 15) is 14.5 Å². The topological polar surface area (TPSA) is 118 Å². The van der Waals surface area contributed by atoms with E-state index < -0.39 is 11.0 Å². The summed E-state index contributed by atoms with van der Waals surface area (Å²) in [6.45, 7) is 4.57. The highest BCUT2D eigenvalue weighted by atomic mass is 32.1. The Labute approximate surface area is 233 Å². The molecule has 1 atom stereocenters. The van der Waals surface area contributed by atoms with E-state index in [0.29, 0.717) is 24.8 Å². The second kappa shape index (κ2) is 11.3.